The van der Waals surface area contributed by atoms with Gasteiger partial charge in [-0.15, -0.1) is 23.2 Å². The minimum atomic E-state index is -4.49. The Bertz CT molecular complexity index is 2050. The molecule has 0 radical (unpaired) electrons. The molecule has 1 aromatic carbocycles. The molecule has 7 amide bonds. The first kappa shape index (κ1) is 44.1. The largest absolute Gasteiger partial charge is 0.444 e. The van der Waals surface area contributed by atoms with Gasteiger partial charge < -0.3 is 29.9 Å². The van der Waals surface area contributed by atoms with Crippen molar-refractivity contribution in [3.63, 3.8) is 0 Å². The van der Waals surface area contributed by atoms with E-state index < -0.39 is 116 Å². The van der Waals surface area contributed by atoms with Crippen LogP contribution in [-0.4, -0.2) is 135 Å². The van der Waals surface area contributed by atoms with Gasteiger partial charge in [0.15, 0.2) is 0 Å². The number of ether oxygens (including phenoxy) is 2. The lowest BCUT2D eigenvalue weighted by Gasteiger charge is -2.33. The lowest BCUT2D eigenvalue weighted by molar-refractivity contribution is -0.144. The standard InChI is InChI=1S/C38H47Cl2FN6O11S/c1-37(2,3)58-35(53)42-28-21-44(30(48)16-39)13-6-4-5-9-23-15-38(23,34(52)47(31(49)17-40)59(55,56)25-11-12-25)43-32(50)29-14-24(19-46(29)33(28)51)57-36(54)45-18-22-8-7-10-27(41)26(22)20-45/h5,7-10,23-25,28-29H,4,6,11-21H2,1-3H3,(H,42,53)(H,43,50)/t23-,24?,28+,29+,38-/m1/s1. The molecule has 6 rings (SSSR count). The second-order valence-electron chi connectivity index (χ2n) is 16.3. The molecule has 3 aliphatic heterocycles. The van der Waals surface area contributed by atoms with E-state index in [1.807, 2.05) is 0 Å². The Morgan fingerprint density at radius 3 is 2.42 bits per heavy atom. The van der Waals surface area contributed by atoms with E-state index in [1.54, 1.807) is 39.0 Å². The Morgan fingerprint density at radius 1 is 1.05 bits per heavy atom. The van der Waals surface area contributed by atoms with Gasteiger partial charge >= 0.3 is 12.2 Å². The molecule has 3 heterocycles. The molecule has 0 aromatic heterocycles. The molecule has 1 saturated heterocycles. The van der Waals surface area contributed by atoms with Gasteiger partial charge in [-0.3, -0.25) is 28.9 Å². The van der Waals surface area contributed by atoms with Crippen LogP contribution < -0.4 is 10.6 Å². The highest BCUT2D eigenvalue weighted by Gasteiger charge is 2.65. The zero-order valence-electron chi connectivity index (χ0n) is 32.8. The summed E-state index contributed by atoms with van der Waals surface area (Å²) in [6.07, 6.45) is 0.978. The van der Waals surface area contributed by atoms with Gasteiger partial charge in [0.1, 0.15) is 46.9 Å². The van der Waals surface area contributed by atoms with Crippen LogP contribution in [0.2, 0.25) is 0 Å². The first-order valence-corrected chi connectivity index (χ1v) is 21.9. The van der Waals surface area contributed by atoms with Gasteiger partial charge in [0.05, 0.1) is 24.9 Å². The molecule has 5 atom stereocenters. The van der Waals surface area contributed by atoms with Crippen LogP contribution in [0.1, 0.15) is 70.4 Å². The van der Waals surface area contributed by atoms with Crippen molar-refractivity contribution >= 4 is 74.9 Å². The maximum atomic E-state index is 14.7. The molecule has 17 nitrogen and oxygen atoms in total. The number of hydrogen-bond acceptors (Lipinski definition) is 11. The number of sulfonamides is 1. The van der Waals surface area contributed by atoms with Crippen LogP contribution in [0.5, 0.6) is 0 Å². The number of benzene rings is 1. The van der Waals surface area contributed by atoms with Crippen molar-refractivity contribution in [1.82, 2.24) is 29.6 Å². The van der Waals surface area contributed by atoms with Gasteiger partial charge in [-0.1, -0.05) is 24.3 Å². The zero-order valence-corrected chi connectivity index (χ0v) is 35.1. The summed E-state index contributed by atoms with van der Waals surface area (Å²) >= 11 is 11.8. The monoisotopic (exact) mass is 884 g/mol. The van der Waals surface area contributed by atoms with Gasteiger partial charge in [-0.2, -0.15) is 4.31 Å². The molecule has 2 N–H and O–H groups in total. The third-order valence-corrected chi connectivity index (χ3v) is 13.4. The summed E-state index contributed by atoms with van der Waals surface area (Å²) < 4.78 is 52.9. The van der Waals surface area contributed by atoms with Crippen molar-refractivity contribution in [1.29, 1.82) is 0 Å². The van der Waals surface area contributed by atoms with Crippen LogP contribution in [-0.2, 0) is 56.6 Å². The van der Waals surface area contributed by atoms with Crippen LogP contribution in [0, 0.1) is 11.7 Å². The molecule has 3 fully saturated rings. The van der Waals surface area contributed by atoms with Crippen molar-refractivity contribution in [2.45, 2.75) is 107 Å². The minimum Gasteiger partial charge on any atom is -0.444 e. The summed E-state index contributed by atoms with van der Waals surface area (Å²) in [7, 11) is -4.49. The van der Waals surface area contributed by atoms with Crippen molar-refractivity contribution < 1.29 is 55.8 Å². The van der Waals surface area contributed by atoms with Crippen LogP contribution in [0.25, 0.3) is 0 Å². The third-order valence-electron chi connectivity index (χ3n) is 10.8. The Hall–Kier alpha value is -4.49. The molecule has 1 aromatic rings. The van der Waals surface area contributed by atoms with E-state index in [1.165, 1.54) is 21.9 Å². The Labute approximate surface area is 350 Å². The number of allylic oxidation sites excluding steroid dienone is 1. The SMILES string of the molecule is CC(C)(C)OC(=O)N[C@H]1CN(C(=O)CCl)CCCC=C[C@@H]2C[C@@]2(C(=O)N(C(=O)CCl)S(=O)(=O)C2CC2)NC(=O)[C@@H]2CC(OC(=O)N3Cc4cccc(F)c4C3)CN2C1=O. The Balaban J connectivity index is 1.35. The number of alkyl halides is 2. The van der Waals surface area contributed by atoms with E-state index in [4.69, 9.17) is 32.7 Å². The first-order chi connectivity index (χ1) is 27.8. The Kier molecular flexibility index (Phi) is 12.9. The highest BCUT2D eigenvalue weighted by Crippen LogP contribution is 2.48. The van der Waals surface area contributed by atoms with Gasteiger partial charge in [0.25, 0.3) is 11.8 Å². The minimum absolute atomic E-state index is 0.0400. The number of fused-ring (bicyclic) bond motifs is 3. The molecular formula is C38H47Cl2FN6O11S. The van der Waals surface area contributed by atoms with Crippen molar-refractivity contribution in [2.24, 2.45) is 5.92 Å². The number of amides is 7. The second-order valence-corrected chi connectivity index (χ2v) is 18.9. The maximum absolute atomic E-state index is 14.7. The summed E-state index contributed by atoms with van der Waals surface area (Å²) in [5.74, 6) is -7.34. The maximum Gasteiger partial charge on any atom is 0.410 e. The summed E-state index contributed by atoms with van der Waals surface area (Å²) in [5.41, 5.74) is -2.04. The highest BCUT2D eigenvalue weighted by atomic mass is 35.5. The van der Waals surface area contributed by atoms with E-state index in [2.05, 4.69) is 10.6 Å². The van der Waals surface area contributed by atoms with Crippen LogP contribution in [0.3, 0.4) is 0 Å². The third kappa shape index (κ3) is 9.62. The fraction of sp³-hybridized carbons (Fsp3) is 0.605. The molecule has 0 spiro atoms. The number of rotatable bonds is 7. The number of hydrogen-bond donors (Lipinski definition) is 2. The van der Waals surface area contributed by atoms with Gasteiger partial charge in [-0.25, -0.2) is 22.4 Å². The van der Waals surface area contributed by atoms with Crippen molar-refractivity contribution in [2.75, 3.05) is 31.4 Å². The predicted octanol–water partition coefficient (Wildman–Crippen LogP) is 2.52. The summed E-state index contributed by atoms with van der Waals surface area (Å²) in [6, 6.07) is 1.44. The molecule has 0 bridgehead atoms. The van der Waals surface area contributed by atoms with Crippen LogP contribution >= 0.6 is 23.2 Å². The summed E-state index contributed by atoms with van der Waals surface area (Å²) in [5, 5.41) is 4.20. The van der Waals surface area contributed by atoms with Crippen molar-refractivity contribution in [3.05, 3.63) is 47.3 Å². The van der Waals surface area contributed by atoms with E-state index in [0.717, 1.165) is 4.90 Å². The van der Waals surface area contributed by atoms with Gasteiger partial charge in [-0.05, 0) is 64.5 Å². The van der Waals surface area contributed by atoms with E-state index in [-0.39, 0.29) is 56.2 Å². The zero-order chi connectivity index (χ0) is 43.0. The second kappa shape index (κ2) is 17.2. The van der Waals surface area contributed by atoms with E-state index in [9.17, 15) is 46.4 Å². The number of nitrogens with zero attached hydrogens (tertiary/aromatic N) is 4. The molecule has 322 valence electrons. The van der Waals surface area contributed by atoms with Gasteiger partial charge in [0, 0.05) is 31.0 Å². The Morgan fingerprint density at radius 2 is 1.78 bits per heavy atom. The number of halogens is 3. The molecule has 1 unspecified atom stereocenters. The smallest absolute Gasteiger partial charge is 0.410 e. The quantitative estimate of drug-likeness (QED) is 0.300. The number of imide groups is 1. The van der Waals surface area contributed by atoms with E-state index >= 15 is 0 Å². The fourth-order valence-electron chi connectivity index (χ4n) is 7.61. The van der Waals surface area contributed by atoms with Gasteiger partial charge in [0.2, 0.25) is 27.7 Å². The normalized spacial score (nSPS) is 26.0. The van der Waals surface area contributed by atoms with Crippen molar-refractivity contribution in [3.8, 4) is 0 Å². The first-order valence-electron chi connectivity index (χ1n) is 19.3. The molecule has 5 aliphatic rings. The van der Waals surface area contributed by atoms with Crippen LogP contribution in [0.4, 0.5) is 14.0 Å². The summed E-state index contributed by atoms with van der Waals surface area (Å²) in [4.78, 5) is 100. The molecule has 2 saturated carbocycles. The average molecular weight is 886 g/mol. The lowest BCUT2D eigenvalue weighted by atomic mass is 10.1. The molecular weight excluding hydrogens is 838 g/mol. The predicted molar refractivity (Wildman–Crippen MR) is 208 cm³/mol. The number of alkyl carbamates (subject to hydrolysis) is 1. The fourth-order valence-corrected chi connectivity index (χ4v) is 9.74. The van der Waals surface area contributed by atoms with E-state index in [0.29, 0.717) is 24.0 Å². The number of carbonyl (C=O) groups is 7. The topological polar surface area (TPSA) is 209 Å². The summed E-state index contributed by atoms with van der Waals surface area (Å²) in [6.45, 7) is 4.05. The number of nitrogens with one attached hydrogen (secondary N) is 2. The molecule has 59 heavy (non-hydrogen) atoms. The molecule has 21 heteroatoms. The molecule has 2 aliphatic carbocycles. The number of carbonyl (C=O) groups excluding carboxylic acids is 7. The van der Waals surface area contributed by atoms with Crippen LogP contribution in [0.15, 0.2) is 30.4 Å². The lowest BCUT2D eigenvalue weighted by Crippen LogP contribution is -2.61. The highest BCUT2D eigenvalue weighted by molar-refractivity contribution is 7.91. The average Bonchev–Trinajstić information content (AvgIpc) is 4.05.